The number of aromatic nitrogens is 1. The molecule has 0 amide bonds. The van der Waals surface area contributed by atoms with Crippen LogP contribution in [0.3, 0.4) is 0 Å². The average Bonchev–Trinajstić information content (AvgIpc) is 2.55. The highest BCUT2D eigenvalue weighted by molar-refractivity contribution is 5.45. The van der Waals surface area contributed by atoms with Crippen LogP contribution in [0.5, 0.6) is 11.6 Å². The van der Waals surface area contributed by atoms with Crippen molar-refractivity contribution >= 4 is 5.69 Å². The van der Waals surface area contributed by atoms with Gasteiger partial charge in [-0.25, -0.2) is 4.98 Å². The number of benzene rings is 1. The SMILES string of the molecule is COc1ccc2c(c1)CC(Nc1ccc(OC)nc1)CC2. The Bertz CT molecular complexity index is 611. The van der Waals surface area contributed by atoms with E-state index in [1.807, 2.05) is 24.4 Å². The van der Waals surface area contributed by atoms with Gasteiger partial charge < -0.3 is 14.8 Å². The lowest BCUT2D eigenvalue weighted by Gasteiger charge is -2.26. The van der Waals surface area contributed by atoms with Crippen LogP contribution in [0, 0.1) is 0 Å². The summed E-state index contributed by atoms with van der Waals surface area (Å²) in [5.41, 5.74) is 3.84. The van der Waals surface area contributed by atoms with Crippen LogP contribution in [0.2, 0.25) is 0 Å². The highest BCUT2D eigenvalue weighted by atomic mass is 16.5. The summed E-state index contributed by atoms with van der Waals surface area (Å²) in [6.45, 7) is 0. The number of hydrogen-bond acceptors (Lipinski definition) is 4. The second kappa shape index (κ2) is 6.04. The number of hydrogen-bond donors (Lipinski definition) is 1. The van der Waals surface area contributed by atoms with Gasteiger partial charge >= 0.3 is 0 Å². The predicted octanol–water partition coefficient (Wildman–Crippen LogP) is 3.07. The van der Waals surface area contributed by atoms with Gasteiger partial charge in [0.15, 0.2) is 0 Å². The highest BCUT2D eigenvalue weighted by Crippen LogP contribution is 2.27. The van der Waals surface area contributed by atoms with Crippen molar-refractivity contribution in [2.75, 3.05) is 19.5 Å². The fourth-order valence-corrected chi connectivity index (χ4v) is 2.81. The van der Waals surface area contributed by atoms with Gasteiger partial charge in [0.25, 0.3) is 0 Å². The zero-order valence-electron chi connectivity index (χ0n) is 12.4. The van der Waals surface area contributed by atoms with Crippen LogP contribution in [-0.4, -0.2) is 25.2 Å². The maximum atomic E-state index is 5.32. The van der Waals surface area contributed by atoms with Gasteiger partial charge in [-0.15, -0.1) is 0 Å². The van der Waals surface area contributed by atoms with Gasteiger partial charge in [-0.1, -0.05) is 6.07 Å². The second-order valence-corrected chi connectivity index (χ2v) is 5.31. The van der Waals surface area contributed by atoms with Crippen LogP contribution in [0.15, 0.2) is 36.5 Å². The second-order valence-electron chi connectivity index (χ2n) is 5.31. The van der Waals surface area contributed by atoms with E-state index in [0.717, 1.165) is 30.7 Å². The van der Waals surface area contributed by atoms with Gasteiger partial charge in [0.1, 0.15) is 5.75 Å². The first-order valence-corrected chi connectivity index (χ1v) is 7.21. The van der Waals surface area contributed by atoms with Gasteiger partial charge in [-0.2, -0.15) is 0 Å². The summed E-state index contributed by atoms with van der Waals surface area (Å²) >= 11 is 0. The molecule has 0 bridgehead atoms. The number of pyridine rings is 1. The third kappa shape index (κ3) is 3.10. The molecule has 1 aromatic carbocycles. The fraction of sp³-hybridized carbons (Fsp3) is 0.353. The van der Waals surface area contributed by atoms with Crippen LogP contribution in [0.4, 0.5) is 5.69 Å². The number of nitrogens with one attached hydrogen (secondary N) is 1. The van der Waals surface area contributed by atoms with Crippen molar-refractivity contribution in [3.8, 4) is 11.6 Å². The molecule has 1 heterocycles. The first kappa shape index (κ1) is 13.7. The van der Waals surface area contributed by atoms with Crippen molar-refractivity contribution < 1.29 is 9.47 Å². The van der Waals surface area contributed by atoms with Gasteiger partial charge in [0, 0.05) is 12.1 Å². The summed E-state index contributed by atoms with van der Waals surface area (Å²) in [7, 11) is 3.34. The molecule has 0 aliphatic heterocycles. The molecule has 1 aliphatic rings. The Kier molecular flexibility index (Phi) is 3.95. The molecule has 0 saturated heterocycles. The molecule has 1 aliphatic carbocycles. The fourth-order valence-electron chi connectivity index (χ4n) is 2.81. The van der Waals surface area contributed by atoms with E-state index in [9.17, 15) is 0 Å². The number of anilines is 1. The first-order chi connectivity index (χ1) is 10.3. The summed E-state index contributed by atoms with van der Waals surface area (Å²) in [5, 5.41) is 3.55. The Balaban J connectivity index is 1.70. The van der Waals surface area contributed by atoms with Gasteiger partial charge in [-0.3, -0.25) is 0 Å². The van der Waals surface area contributed by atoms with E-state index < -0.39 is 0 Å². The molecule has 2 aromatic rings. The zero-order valence-corrected chi connectivity index (χ0v) is 12.4. The number of fused-ring (bicyclic) bond motifs is 1. The third-order valence-electron chi connectivity index (χ3n) is 3.96. The molecule has 1 unspecified atom stereocenters. The Labute approximate surface area is 125 Å². The maximum Gasteiger partial charge on any atom is 0.213 e. The number of ether oxygens (including phenoxy) is 2. The molecule has 4 nitrogen and oxygen atoms in total. The minimum absolute atomic E-state index is 0.430. The van der Waals surface area contributed by atoms with E-state index in [4.69, 9.17) is 9.47 Å². The average molecular weight is 284 g/mol. The third-order valence-corrected chi connectivity index (χ3v) is 3.96. The van der Waals surface area contributed by atoms with E-state index in [1.165, 1.54) is 11.1 Å². The van der Waals surface area contributed by atoms with E-state index >= 15 is 0 Å². The van der Waals surface area contributed by atoms with E-state index in [1.54, 1.807) is 14.2 Å². The van der Waals surface area contributed by atoms with Crippen molar-refractivity contribution in [1.82, 2.24) is 4.98 Å². The minimum atomic E-state index is 0.430. The molecule has 1 aromatic heterocycles. The Morgan fingerprint density at radius 2 is 2.00 bits per heavy atom. The van der Waals surface area contributed by atoms with Gasteiger partial charge in [-0.05, 0) is 48.6 Å². The molecule has 0 spiro atoms. The van der Waals surface area contributed by atoms with Crippen molar-refractivity contribution in [3.05, 3.63) is 47.7 Å². The van der Waals surface area contributed by atoms with Gasteiger partial charge in [0.05, 0.1) is 26.1 Å². The molecule has 4 heteroatoms. The molecular weight excluding hydrogens is 264 g/mol. The molecular formula is C17H20N2O2. The molecule has 110 valence electrons. The minimum Gasteiger partial charge on any atom is -0.497 e. The van der Waals surface area contributed by atoms with E-state index in [-0.39, 0.29) is 0 Å². The normalized spacial score (nSPS) is 17.0. The van der Waals surface area contributed by atoms with Crippen LogP contribution in [0.1, 0.15) is 17.5 Å². The van der Waals surface area contributed by atoms with Crippen molar-refractivity contribution in [2.24, 2.45) is 0 Å². The largest absolute Gasteiger partial charge is 0.497 e. The van der Waals surface area contributed by atoms with Crippen molar-refractivity contribution in [2.45, 2.75) is 25.3 Å². The molecule has 3 rings (SSSR count). The highest BCUT2D eigenvalue weighted by Gasteiger charge is 2.19. The number of rotatable bonds is 4. The lowest BCUT2D eigenvalue weighted by molar-refractivity contribution is 0.398. The zero-order chi connectivity index (χ0) is 14.7. The Hall–Kier alpha value is -2.23. The molecule has 0 fully saturated rings. The standard InChI is InChI=1S/C17H20N2O2/c1-20-16-7-4-12-3-5-14(9-13(12)10-16)19-15-6-8-17(21-2)18-11-15/h4,6-8,10-11,14,19H,3,5,9H2,1-2H3. The van der Waals surface area contributed by atoms with E-state index in [0.29, 0.717) is 11.9 Å². The number of methoxy groups -OCH3 is 2. The molecule has 1 N–H and O–H groups in total. The Morgan fingerprint density at radius 3 is 2.71 bits per heavy atom. The molecule has 0 radical (unpaired) electrons. The smallest absolute Gasteiger partial charge is 0.213 e. The number of aryl methyl sites for hydroxylation is 1. The summed E-state index contributed by atoms with van der Waals surface area (Å²) in [4.78, 5) is 4.23. The van der Waals surface area contributed by atoms with Crippen molar-refractivity contribution in [1.29, 1.82) is 0 Å². The lowest BCUT2D eigenvalue weighted by atomic mass is 9.88. The molecule has 0 saturated carbocycles. The lowest BCUT2D eigenvalue weighted by Crippen LogP contribution is -2.27. The topological polar surface area (TPSA) is 43.4 Å². The summed E-state index contributed by atoms with van der Waals surface area (Å²) in [6, 6.07) is 10.7. The van der Waals surface area contributed by atoms with Crippen LogP contribution in [-0.2, 0) is 12.8 Å². The van der Waals surface area contributed by atoms with Crippen LogP contribution < -0.4 is 14.8 Å². The molecule has 1 atom stereocenters. The van der Waals surface area contributed by atoms with Crippen molar-refractivity contribution in [3.63, 3.8) is 0 Å². The van der Waals surface area contributed by atoms with Crippen LogP contribution in [0.25, 0.3) is 0 Å². The summed E-state index contributed by atoms with van der Waals surface area (Å²) < 4.78 is 10.4. The Morgan fingerprint density at radius 1 is 1.10 bits per heavy atom. The monoisotopic (exact) mass is 284 g/mol. The van der Waals surface area contributed by atoms with E-state index in [2.05, 4.69) is 22.4 Å². The first-order valence-electron chi connectivity index (χ1n) is 7.21. The quantitative estimate of drug-likeness (QED) is 0.937. The molecule has 21 heavy (non-hydrogen) atoms. The van der Waals surface area contributed by atoms with Crippen LogP contribution >= 0.6 is 0 Å². The summed E-state index contributed by atoms with van der Waals surface area (Å²) in [5.74, 6) is 1.57. The van der Waals surface area contributed by atoms with Gasteiger partial charge in [0.2, 0.25) is 5.88 Å². The maximum absolute atomic E-state index is 5.32. The summed E-state index contributed by atoms with van der Waals surface area (Å²) in [6.07, 6.45) is 5.06. The predicted molar refractivity (Wildman–Crippen MR) is 83.2 cm³/mol. The number of nitrogens with zero attached hydrogens (tertiary/aromatic N) is 1.